The standard InChI is InChI=1S/C2H6O13/c1-4-8-9-5-2-6-10-12-14-15-13-11-7-3/h3H,2H2,1H3. The molecule has 13 heteroatoms. The molecule has 0 aromatic rings. The van der Waals surface area contributed by atoms with Gasteiger partial charge in [0.05, 0.1) is 7.11 Å². The summed E-state index contributed by atoms with van der Waals surface area (Å²) in [6, 6.07) is 0. The molecule has 13 nitrogen and oxygen atoms in total. The van der Waals surface area contributed by atoms with E-state index >= 15 is 0 Å². The lowest BCUT2D eigenvalue weighted by Crippen LogP contribution is -2.05. The van der Waals surface area contributed by atoms with Gasteiger partial charge < -0.3 is 0 Å². The van der Waals surface area contributed by atoms with E-state index in [4.69, 9.17) is 5.26 Å². The largest absolute Gasteiger partial charge is 0.221 e. The van der Waals surface area contributed by atoms with E-state index in [1.54, 1.807) is 0 Å². The fourth-order valence-corrected chi connectivity index (χ4v) is 0.184. The highest BCUT2D eigenvalue weighted by Crippen LogP contribution is 1.89. The topological polar surface area (TPSA) is 131 Å². The number of rotatable bonds is 12. The van der Waals surface area contributed by atoms with E-state index in [1.165, 1.54) is 7.11 Å². The van der Waals surface area contributed by atoms with Crippen molar-refractivity contribution < 1.29 is 65.3 Å². The van der Waals surface area contributed by atoms with Crippen LogP contribution in [0.15, 0.2) is 0 Å². The van der Waals surface area contributed by atoms with Crippen molar-refractivity contribution in [3.05, 3.63) is 0 Å². The van der Waals surface area contributed by atoms with Gasteiger partial charge in [-0.15, -0.1) is 0 Å². The summed E-state index contributed by atoms with van der Waals surface area (Å²) in [5.74, 6) is 0. The number of hydrogen-bond donors (Lipinski definition) is 1. The highest BCUT2D eigenvalue weighted by molar-refractivity contribution is 3.69. The van der Waals surface area contributed by atoms with Gasteiger partial charge >= 0.3 is 0 Å². The average molecular weight is 238 g/mol. The molecule has 0 bridgehead atoms. The van der Waals surface area contributed by atoms with Gasteiger partial charge in [0.1, 0.15) is 0 Å². The Morgan fingerprint density at radius 1 is 0.733 bits per heavy atom. The lowest BCUT2D eigenvalue weighted by molar-refractivity contribution is -0.832. The Morgan fingerprint density at radius 3 is 1.87 bits per heavy atom. The van der Waals surface area contributed by atoms with Gasteiger partial charge in [-0.25, -0.2) is 10.1 Å². The van der Waals surface area contributed by atoms with Gasteiger partial charge in [-0.05, 0) is 45.3 Å². The van der Waals surface area contributed by atoms with Crippen LogP contribution in [0.5, 0.6) is 0 Å². The third-order valence-electron chi connectivity index (χ3n) is 0.458. The van der Waals surface area contributed by atoms with Crippen LogP contribution < -0.4 is 0 Å². The van der Waals surface area contributed by atoms with Crippen LogP contribution in [0, 0.1) is 0 Å². The van der Waals surface area contributed by atoms with E-state index in [0.717, 1.165) is 0 Å². The molecule has 0 unspecified atom stereocenters. The summed E-state index contributed by atoms with van der Waals surface area (Å²) in [6.07, 6.45) is 0. The molecule has 0 fully saturated rings. The first-order valence-electron chi connectivity index (χ1n) is 2.83. The molecule has 0 radical (unpaired) electrons. The SMILES string of the molecule is COOOOCOOOOOOOOO. The van der Waals surface area contributed by atoms with Crippen molar-refractivity contribution in [3.63, 3.8) is 0 Å². The molecule has 0 aliphatic rings. The third-order valence-corrected chi connectivity index (χ3v) is 0.458. The van der Waals surface area contributed by atoms with Crippen molar-refractivity contribution >= 4 is 0 Å². The van der Waals surface area contributed by atoms with Gasteiger partial charge in [-0.2, -0.15) is 9.78 Å². The zero-order chi connectivity index (χ0) is 11.2. The van der Waals surface area contributed by atoms with Crippen LogP contribution in [0.3, 0.4) is 0 Å². The maximum Gasteiger partial charge on any atom is 0.221 e. The Kier molecular flexibility index (Phi) is 13.0. The van der Waals surface area contributed by atoms with Crippen molar-refractivity contribution in [1.82, 2.24) is 0 Å². The molecule has 0 aliphatic carbocycles. The highest BCUT2D eigenvalue weighted by Gasteiger charge is 1.95. The quantitative estimate of drug-likeness (QED) is 0.201. The van der Waals surface area contributed by atoms with Gasteiger partial charge in [0.25, 0.3) is 0 Å². The zero-order valence-electron chi connectivity index (χ0n) is 7.05. The van der Waals surface area contributed by atoms with Gasteiger partial charge in [0.2, 0.25) is 6.79 Å². The van der Waals surface area contributed by atoms with E-state index in [9.17, 15) is 0 Å². The van der Waals surface area contributed by atoms with Crippen molar-refractivity contribution in [1.29, 1.82) is 0 Å². The normalized spacial score (nSPS) is 10.8. The van der Waals surface area contributed by atoms with Crippen LogP contribution >= 0.6 is 0 Å². The molecule has 0 saturated carbocycles. The van der Waals surface area contributed by atoms with E-state index in [0.29, 0.717) is 0 Å². The van der Waals surface area contributed by atoms with Crippen LogP contribution in [0.2, 0.25) is 0 Å². The zero-order valence-corrected chi connectivity index (χ0v) is 7.05. The molecule has 0 heterocycles. The summed E-state index contributed by atoms with van der Waals surface area (Å²) >= 11 is 0. The average Bonchev–Trinajstić information content (AvgIpc) is 2.26. The van der Waals surface area contributed by atoms with Gasteiger partial charge in [-0.1, -0.05) is 0 Å². The minimum Gasteiger partial charge on any atom is -0.219 e. The minimum absolute atomic E-state index is 0.566. The van der Waals surface area contributed by atoms with E-state index < -0.39 is 6.79 Å². The van der Waals surface area contributed by atoms with Crippen molar-refractivity contribution in [2.75, 3.05) is 13.9 Å². The molecule has 1 N–H and O–H groups in total. The van der Waals surface area contributed by atoms with Crippen molar-refractivity contribution in [2.24, 2.45) is 0 Å². The lowest BCUT2D eigenvalue weighted by Gasteiger charge is -1.99. The smallest absolute Gasteiger partial charge is 0.219 e. The molecule has 0 saturated heterocycles. The molecule has 0 aliphatic heterocycles. The summed E-state index contributed by atoms with van der Waals surface area (Å²) in [5.41, 5.74) is 0. The monoisotopic (exact) mass is 238 g/mol. The Bertz CT molecular complexity index is 92.7. The molecule has 0 aromatic carbocycles. The van der Waals surface area contributed by atoms with E-state index in [1.807, 2.05) is 0 Å². The molecule has 0 atom stereocenters. The molecule has 92 valence electrons. The van der Waals surface area contributed by atoms with Crippen molar-refractivity contribution in [2.45, 2.75) is 0 Å². The lowest BCUT2D eigenvalue weighted by atomic mass is 11.5. The first-order chi connectivity index (χ1) is 7.41. The molecule has 0 amide bonds. The summed E-state index contributed by atoms with van der Waals surface area (Å²) in [6.45, 7) is -0.566. The second-order valence-electron chi connectivity index (χ2n) is 1.14. The van der Waals surface area contributed by atoms with Crippen LogP contribution in [-0.4, -0.2) is 19.2 Å². The molecule has 15 heavy (non-hydrogen) atoms. The fraction of sp³-hybridized carbons (Fsp3) is 1.00. The molecule has 0 rings (SSSR count). The van der Waals surface area contributed by atoms with Crippen LogP contribution in [-0.2, 0) is 60.0 Å². The third kappa shape index (κ3) is 13.5. The summed E-state index contributed by atoms with van der Waals surface area (Å²) in [4.78, 5) is 12.0. The Hall–Kier alpha value is -0.520. The molecule has 0 spiro atoms. The van der Waals surface area contributed by atoms with Gasteiger partial charge in [-0.3, -0.25) is 0 Å². The fourth-order valence-electron chi connectivity index (χ4n) is 0.184. The van der Waals surface area contributed by atoms with Crippen LogP contribution in [0.25, 0.3) is 0 Å². The molecular formula is C2H6O13. The molecule has 0 aromatic heterocycles. The predicted molar refractivity (Wildman–Crippen MR) is 26.4 cm³/mol. The Balaban J connectivity index is 2.81. The van der Waals surface area contributed by atoms with E-state index in [-0.39, 0.29) is 0 Å². The number of hydrogen-bond acceptors (Lipinski definition) is 13. The minimum atomic E-state index is -0.566. The first-order valence-corrected chi connectivity index (χ1v) is 2.83. The Labute approximate surface area is 80.5 Å². The van der Waals surface area contributed by atoms with Gasteiger partial charge in [0, 0.05) is 0 Å². The van der Waals surface area contributed by atoms with Crippen LogP contribution in [0.4, 0.5) is 0 Å². The molecular weight excluding hydrogens is 232 g/mol. The first kappa shape index (κ1) is 14.5. The highest BCUT2D eigenvalue weighted by atomic mass is 17.9. The Morgan fingerprint density at radius 2 is 1.27 bits per heavy atom. The second-order valence-corrected chi connectivity index (χ2v) is 1.14. The summed E-state index contributed by atoms with van der Waals surface area (Å²) in [5, 5.41) is 38.9. The maximum absolute atomic E-state index is 7.48. The summed E-state index contributed by atoms with van der Waals surface area (Å²) in [7, 11) is 1.17. The maximum atomic E-state index is 7.48. The van der Waals surface area contributed by atoms with Crippen LogP contribution in [0.1, 0.15) is 0 Å². The predicted octanol–water partition coefficient (Wildman–Crippen LogP) is -0.604. The summed E-state index contributed by atoms with van der Waals surface area (Å²) < 4.78 is 0. The second kappa shape index (κ2) is 13.5. The van der Waals surface area contributed by atoms with Crippen molar-refractivity contribution in [3.8, 4) is 0 Å². The van der Waals surface area contributed by atoms with Gasteiger partial charge in [0.15, 0.2) is 0 Å². The van der Waals surface area contributed by atoms with E-state index in [2.05, 4.69) is 60.0 Å².